The van der Waals surface area contributed by atoms with Crippen LogP contribution in [0.1, 0.15) is 25.7 Å². The Balaban J connectivity index is 1.61. The van der Waals surface area contributed by atoms with E-state index in [0.717, 1.165) is 44.8 Å². The first-order valence-corrected chi connectivity index (χ1v) is 8.33. The predicted molar refractivity (Wildman–Crippen MR) is 89.3 cm³/mol. The van der Waals surface area contributed by atoms with Crippen molar-refractivity contribution >= 4 is 23.3 Å². The van der Waals surface area contributed by atoms with Crippen molar-refractivity contribution < 1.29 is 14.3 Å². The number of hydrogen-bond donors (Lipinski definition) is 3. The molecular weight excluding hydrogens is 321 g/mol. The Hall–Kier alpha value is -1.37. The van der Waals surface area contributed by atoms with E-state index in [4.69, 9.17) is 11.6 Å². The van der Waals surface area contributed by atoms with Gasteiger partial charge in [0.15, 0.2) is 0 Å². The standard InChI is InChI=1S/C16H23ClFN3O2/c17-12-5-6-15(14(18)10-12)20-16(23)19-7-1-2-8-21-9-3-4-13(21)11-22/h5-6,10,13,22H,1-4,7-9,11H2,(H2,19,20,23). The maximum Gasteiger partial charge on any atom is 0.319 e. The summed E-state index contributed by atoms with van der Waals surface area (Å²) in [7, 11) is 0. The van der Waals surface area contributed by atoms with E-state index in [9.17, 15) is 14.3 Å². The molecule has 1 aromatic carbocycles. The molecule has 1 unspecified atom stereocenters. The number of urea groups is 1. The van der Waals surface area contributed by atoms with Crippen molar-refractivity contribution in [2.75, 3.05) is 31.6 Å². The average molecular weight is 344 g/mol. The zero-order chi connectivity index (χ0) is 16.7. The zero-order valence-corrected chi connectivity index (χ0v) is 13.8. The Labute approximate surface area is 140 Å². The fourth-order valence-electron chi connectivity index (χ4n) is 2.80. The summed E-state index contributed by atoms with van der Waals surface area (Å²) < 4.78 is 13.5. The zero-order valence-electron chi connectivity index (χ0n) is 13.0. The van der Waals surface area contributed by atoms with Gasteiger partial charge in [-0.25, -0.2) is 9.18 Å². The van der Waals surface area contributed by atoms with Crippen LogP contribution in [0.2, 0.25) is 5.02 Å². The molecule has 0 aromatic heterocycles. The van der Waals surface area contributed by atoms with Gasteiger partial charge in [-0.1, -0.05) is 11.6 Å². The van der Waals surface area contributed by atoms with Gasteiger partial charge in [0.2, 0.25) is 0 Å². The summed E-state index contributed by atoms with van der Waals surface area (Å²) in [6.45, 7) is 2.71. The number of nitrogens with one attached hydrogen (secondary N) is 2. The molecular formula is C16H23ClFN3O2. The number of rotatable bonds is 7. The second-order valence-corrected chi connectivity index (χ2v) is 6.16. The Morgan fingerprint density at radius 1 is 1.43 bits per heavy atom. The normalized spacial score (nSPS) is 18.1. The molecule has 2 rings (SSSR count). The van der Waals surface area contributed by atoms with Gasteiger partial charge in [-0.15, -0.1) is 0 Å². The van der Waals surface area contributed by atoms with Crippen LogP contribution in [0.4, 0.5) is 14.9 Å². The number of aliphatic hydroxyl groups excluding tert-OH is 1. The van der Waals surface area contributed by atoms with Crippen LogP contribution < -0.4 is 10.6 Å². The first-order chi connectivity index (χ1) is 11.1. The van der Waals surface area contributed by atoms with E-state index in [1.54, 1.807) is 0 Å². The smallest absolute Gasteiger partial charge is 0.319 e. The Bertz CT molecular complexity index is 530. The highest BCUT2D eigenvalue weighted by Gasteiger charge is 2.22. The molecule has 0 saturated carbocycles. The highest BCUT2D eigenvalue weighted by Crippen LogP contribution is 2.19. The molecule has 1 aromatic rings. The van der Waals surface area contributed by atoms with E-state index in [2.05, 4.69) is 15.5 Å². The minimum absolute atomic E-state index is 0.106. The van der Waals surface area contributed by atoms with Gasteiger partial charge in [-0.3, -0.25) is 4.90 Å². The van der Waals surface area contributed by atoms with E-state index >= 15 is 0 Å². The molecule has 5 nitrogen and oxygen atoms in total. The molecule has 0 aliphatic carbocycles. The SMILES string of the molecule is O=C(NCCCCN1CCCC1CO)Nc1ccc(Cl)cc1F. The topological polar surface area (TPSA) is 64.6 Å². The molecule has 0 spiro atoms. The Morgan fingerprint density at radius 3 is 3.00 bits per heavy atom. The van der Waals surface area contributed by atoms with Gasteiger partial charge in [0.1, 0.15) is 5.82 Å². The molecule has 0 radical (unpaired) electrons. The third-order valence-corrected chi connectivity index (χ3v) is 4.28. The van der Waals surface area contributed by atoms with Crippen LogP contribution in [0.3, 0.4) is 0 Å². The van der Waals surface area contributed by atoms with Crippen LogP contribution in [0, 0.1) is 5.82 Å². The van der Waals surface area contributed by atoms with Gasteiger partial charge in [-0.2, -0.15) is 0 Å². The lowest BCUT2D eigenvalue weighted by Crippen LogP contribution is -2.34. The van der Waals surface area contributed by atoms with Crippen LogP contribution in [-0.4, -0.2) is 48.3 Å². The number of benzene rings is 1. The molecule has 23 heavy (non-hydrogen) atoms. The van der Waals surface area contributed by atoms with Gasteiger partial charge in [0.25, 0.3) is 0 Å². The maximum absolute atomic E-state index is 13.5. The highest BCUT2D eigenvalue weighted by atomic mass is 35.5. The van der Waals surface area contributed by atoms with Gasteiger partial charge in [0, 0.05) is 17.6 Å². The van der Waals surface area contributed by atoms with Crippen LogP contribution in [-0.2, 0) is 0 Å². The fourth-order valence-corrected chi connectivity index (χ4v) is 2.95. The molecule has 1 aliphatic heterocycles. The minimum atomic E-state index is -0.559. The second kappa shape index (κ2) is 9.05. The summed E-state index contributed by atoms with van der Waals surface area (Å²) in [4.78, 5) is 14.0. The summed E-state index contributed by atoms with van der Waals surface area (Å²) >= 11 is 5.66. The Kier molecular flexibility index (Phi) is 7.08. The first kappa shape index (κ1) is 18.0. The van der Waals surface area contributed by atoms with E-state index < -0.39 is 11.8 Å². The van der Waals surface area contributed by atoms with Gasteiger partial charge in [0.05, 0.1) is 12.3 Å². The molecule has 1 heterocycles. The van der Waals surface area contributed by atoms with Crippen LogP contribution >= 0.6 is 11.6 Å². The monoisotopic (exact) mass is 343 g/mol. The maximum atomic E-state index is 13.5. The quantitative estimate of drug-likeness (QED) is 0.667. The van der Waals surface area contributed by atoms with Crippen molar-refractivity contribution in [3.63, 3.8) is 0 Å². The van der Waals surface area contributed by atoms with E-state index in [-0.39, 0.29) is 17.3 Å². The number of unbranched alkanes of at least 4 members (excludes halogenated alkanes) is 1. The predicted octanol–water partition coefficient (Wildman–Crippen LogP) is 2.84. The summed E-state index contributed by atoms with van der Waals surface area (Å²) in [6, 6.07) is 3.97. The fraction of sp³-hybridized carbons (Fsp3) is 0.562. The molecule has 2 amide bonds. The largest absolute Gasteiger partial charge is 0.395 e. The molecule has 7 heteroatoms. The molecule has 0 bridgehead atoms. The van der Waals surface area contributed by atoms with Crippen molar-refractivity contribution in [2.45, 2.75) is 31.7 Å². The number of anilines is 1. The van der Waals surface area contributed by atoms with Crippen LogP contribution in [0.25, 0.3) is 0 Å². The molecule has 3 N–H and O–H groups in total. The molecule has 1 aliphatic rings. The summed E-state index contributed by atoms with van der Waals surface area (Å²) in [5, 5.41) is 14.7. The second-order valence-electron chi connectivity index (χ2n) is 5.73. The first-order valence-electron chi connectivity index (χ1n) is 7.95. The van der Waals surface area contributed by atoms with Crippen molar-refractivity contribution in [3.8, 4) is 0 Å². The highest BCUT2D eigenvalue weighted by molar-refractivity contribution is 6.30. The number of nitrogens with zero attached hydrogens (tertiary/aromatic N) is 1. The summed E-state index contributed by atoms with van der Waals surface area (Å²) in [6.07, 6.45) is 3.99. The van der Waals surface area contributed by atoms with E-state index in [0.29, 0.717) is 12.6 Å². The molecule has 1 fully saturated rings. The van der Waals surface area contributed by atoms with Gasteiger partial charge >= 0.3 is 6.03 Å². The summed E-state index contributed by atoms with van der Waals surface area (Å²) in [5.41, 5.74) is 0.106. The number of halogens is 2. The van der Waals surface area contributed by atoms with Crippen LogP contribution in [0.5, 0.6) is 0 Å². The third kappa shape index (κ3) is 5.64. The number of hydrogen-bond acceptors (Lipinski definition) is 3. The minimum Gasteiger partial charge on any atom is -0.395 e. The van der Waals surface area contributed by atoms with Gasteiger partial charge < -0.3 is 15.7 Å². The number of amides is 2. The lowest BCUT2D eigenvalue weighted by Gasteiger charge is -2.22. The van der Waals surface area contributed by atoms with Crippen LogP contribution in [0.15, 0.2) is 18.2 Å². The molecule has 1 saturated heterocycles. The van der Waals surface area contributed by atoms with Crippen molar-refractivity contribution in [3.05, 3.63) is 29.0 Å². The van der Waals surface area contributed by atoms with Crippen molar-refractivity contribution in [1.29, 1.82) is 0 Å². The lowest BCUT2D eigenvalue weighted by atomic mass is 10.2. The Morgan fingerprint density at radius 2 is 2.26 bits per heavy atom. The van der Waals surface area contributed by atoms with E-state index in [1.807, 2.05) is 0 Å². The number of carbonyl (C=O) groups excluding carboxylic acids is 1. The average Bonchev–Trinajstić information content (AvgIpc) is 2.97. The third-order valence-electron chi connectivity index (χ3n) is 4.05. The van der Waals surface area contributed by atoms with Gasteiger partial charge in [-0.05, 0) is 57.0 Å². The van der Waals surface area contributed by atoms with Crippen molar-refractivity contribution in [1.82, 2.24) is 10.2 Å². The molecule has 128 valence electrons. The molecule has 1 atom stereocenters. The number of likely N-dealkylation sites (tertiary alicyclic amines) is 1. The summed E-state index contributed by atoms with van der Waals surface area (Å²) in [5.74, 6) is -0.559. The van der Waals surface area contributed by atoms with E-state index in [1.165, 1.54) is 12.1 Å². The lowest BCUT2D eigenvalue weighted by molar-refractivity contribution is 0.157. The number of aliphatic hydroxyl groups is 1. The number of carbonyl (C=O) groups is 1. The van der Waals surface area contributed by atoms with Crippen molar-refractivity contribution in [2.24, 2.45) is 0 Å².